The highest BCUT2D eigenvalue weighted by Gasteiger charge is 2.50. The molecule has 0 aromatic heterocycles. The fraction of sp³-hybridized carbons (Fsp3) is 0.303. The number of amides is 4. The summed E-state index contributed by atoms with van der Waals surface area (Å²) in [7, 11) is 0. The van der Waals surface area contributed by atoms with Crippen LogP contribution in [-0.4, -0.2) is 96.3 Å². The van der Waals surface area contributed by atoms with Gasteiger partial charge in [-0.25, -0.2) is 9.59 Å². The lowest BCUT2D eigenvalue weighted by atomic mass is 10.1. The van der Waals surface area contributed by atoms with E-state index < -0.39 is 24.1 Å². The molecule has 3 aliphatic rings. The van der Waals surface area contributed by atoms with Gasteiger partial charge >= 0.3 is 12.1 Å². The van der Waals surface area contributed by atoms with Gasteiger partial charge in [-0.3, -0.25) is 9.69 Å². The first kappa shape index (κ1) is 28.9. The quantitative estimate of drug-likeness (QED) is 0.287. The number of carbonyl (C=O) groups is 3. The number of carbonyl (C=O) groups excluding carboxylic acids is 3. The Kier molecular flexibility index (Phi) is 8.52. The number of para-hydroxylation sites is 1. The van der Waals surface area contributed by atoms with E-state index in [1.54, 1.807) is 0 Å². The molecule has 0 radical (unpaired) electrons. The second kappa shape index (κ2) is 13.0. The largest absolute Gasteiger partial charge is 0.481 e. The molecule has 11 nitrogen and oxygen atoms in total. The van der Waals surface area contributed by atoms with Gasteiger partial charge in [0, 0.05) is 58.0 Å². The number of anilines is 1. The van der Waals surface area contributed by atoms with Crippen LogP contribution in [0.4, 0.5) is 15.3 Å². The van der Waals surface area contributed by atoms with Crippen molar-refractivity contribution in [1.82, 2.24) is 19.8 Å². The van der Waals surface area contributed by atoms with E-state index in [1.165, 1.54) is 9.80 Å². The predicted octanol–water partition coefficient (Wildman–Crippen LogP) is 3.81. The van der Waals surface area contributed by atoms with Crippen LogP contribution < -0.4 is 14.4 Å². The van der Waals surface area contributed by atoms with Gasteiger partial charge in [-0.2, -0.15) is 0 Å². The van der Waals surface area contributed by atoms with Crippen LogP contribution in [0.25, 0.3) is 0 Å². The second-order valence-corrected chi connectivity index (χ2v) is 10.7. The van der Waals surface area contributed by atoms with Crippen LogP contribution in [0.5, 0.6) is 17.2 Å². The smallest absolute Gasteiger partial charge is 0.434 e. The molecule has 0 N–H and O–H groups in total. The van der Waals surface area contributed by atoms with Gasteiger partial charge in [-0.15, -0.1) is 6.42 Å². The minimum Gasteiger partial charge on any atom is -0.481 e. The number of urea groups is 1. The first-order valence-electron chi connectivity index (χ1n) is 14.6. The zero-order valence-electron chi connectivity index (χ0n) is 24.2. The van der Waals surface area contributed by atoms with Crippen LogP contribution in [-0.2, 0) is 16.2 Å². The summed E-state index contributed by atoms with van der Waals surface area (Å²) >= 11 is 0. The summed E-state index contributed by atoms with van der Waals surface area (Å²) in [4.78, 5) is 51.8. The van der Waals surface area contributed by atoms with Crippen molar-refractivity contribution in [2.24, 2.45) is 0 Å². The van der Waals surface area contributed by atoms with Gasteiger partial charge in [0.25, 0.3) is 5.91 Å². The topological polar surface area (TPSA) is 95.1 Å². The zero-order chi connectivity index (χ0) is 30.5. The Morgan fingerprint density at radius 3 is 2.20 bits per heavy atom. The summed E-state index contributed by atoms with van der Waals surface area (Å²) in [6.45, 7) is 4.06. The number of nitrogens with zero attached hydrogens (tertiary/aromatic N) is 5. The number of hydrogen-bond donors (Lipinski definition) is 0. The number of terminal acetylenes is 1. The minimum atomic E-state index is -0.709. The van der Waals surface area contributed by atoms with Gasteiger partial charge in [-0.05, 0) is 54.1 Å². The van der Waals surface area contributed by atoms with E-state index in [4.69, 9.17) is 20.7 Å². The monoisotopic (exact) mass is 595 g/mol. The third-order valence-electron chi connectivity index (χ3n) is 7.91. The lowest BCUT2D eigenvalue weighted by Gasteiger charge is -2.35. The second-order valence-electron chi connectivity index (χ2n) is 10.7. The van der Waals surface area contributed by atoms with Crippen LogP contribution in [0, 0.1) is 12.3 Å². The molecule has 3 heterocycles. The Morgan fingerprint density at radius 2 is 1.50 bits per heavy atom. The van der Waals surface area contributed by atoms with E-state index in [9.17, 15) is 14.4 Å². The van der Waals surface area contributed by atoms with E-state index in [2.05, 4.69) is 15.7 Å². The van der Waals surface area contributed by atoms with Crippen LogP contribution in [0.1, 0.15) is 5.56 Å². The fourth-order valence-corrected chi connectivity index (χ4v) is 5.56. The number of piperazine rings is 2. The van der Waals surface area contributed by atoms with Gasteiger partial charge < -0.3 is 29.0 Å². The van der Waals surface area contributed by atoms with E-state index in [0.29, 0.717) is 63.2 Å². The molecule has 44 heavy (non-hydrogen) atoms. The van der Waals surface area contributed by atoms with Crippen LogP contribution in [0.2, 0.25) is 0 Å². The molecule has 3 aliphatic heterocycles. The molecule has 3 saturated heterocycles. The van der Waals surface area contributed by atoms with Crippen molar-refractivity contribution in [3.05, 3.63) is 84.4 Å². The first-order valence-corrected chi connectivity index (χ1v) is 14.6. The molecule has 0 bridgehead atoms. The first-order chi connectivity index (χ1) is 21.5. The van der Waals surface area contributed by atoms with Crippen LogP contribution in [0.3, 0.4) is 0 Å². The summed E-state index contributed by atoms with van der Waals surface area (Å²) in [5, 5.41) is 0.632. The lowest BCUT2D eigenvalue weighted by Crippen LogP contribution is -2.52. The number of rotatable bonds is 8. The maximum Gasteiger partial charge on any atom is 0.434 e. The summed E-state index contributed by atoms with van der Waals surface area (Å²) < 4.78 is 11.3. The maximum absolute atomic E-state index is 13.2. The average Bonchev–Trinajstić information content (AvgIpc) is 3.29. The molecule has 3 aromatic carbocycles. The van der Waals surface area contributed by atoms with Crippen molar-refractivity contribution in [2.45, 2.75) is 12.6 Å². The number of fused-ring (bicyclic) bond motifs is 1. The third-order valence-corrected chi connectivity index (χ3v) is 7.91. The number of imide groups is 1. The Bertz CT molecular complexity index is 1520. The Balaban J connectivity index is 0.986. The van der Waals surface area contributed by atoms with Gasteiger partial charge in [0.15, 0.2) is 0 Å². The van der Waals surface area contributed by atoms with Crippen molar-refractivity contribution < 1.29 is 28.7 Å². The van der Waals surface area contributed by atoms with Crippen LogP contribution >= 0.6 is 0 Å². The van der Waals surface area contributed by atoms with Crippen molar-refractivity contribution in [3.8, 4) is 29.6 Å². The minimum absolute atomic E-state index is 0.208. The molecule has 0 aliphatic carbocycles. The molecule has 0 unspecified atom stereocenters. The molecule has 226 valence electrons. The molecular formula is C33H33N5O6. The highest BCUT2D eigenvalue weighted by molar-refractivity contribution is 6.04. The van der Waals surface area contributed by atoms with E-state index >= 15 is 0 Å². The Hall–Kier alpha value is -5.21. The Morgan fingerprint density at radius 1 is 0.818 bits per heavy atom. The lowest BCUT2D eigenvalue weighted by molar-refractivity contribution is -0.152. The van der Waals surface area contributed by atoms with Crippen molar-refractivity contribution in [2.75, 3.05) is 57.3 Å². The molecule has 0 spiro atoms. The molecule has 3 aromatic rings. The highest BCUT2D eigenvalue weighted by Crippen LogP contribution is 2.26. The normalized spacial score (nSPS) is 18.6. The number of ether oxygens (including phenoxy) is 2. The summed E-state index contributed by atoms with van der Waals surface area (Å²) in [5.41, 5.74) is 2.06. The fourth-order valence-electron chi connectivity index (χ4n) is 5.56. The molecule has 0 saturated carbocycles. The molecule has 1 atom stereocenters. The Labute approximate surface area is 256 Å². The average molecular weight is 596 g/mol. The summed E-state index contributed by atoms with van der Waals surface area (Å²) in [6.07, 6.45) is 4.53. The number of hydroxylamine groups is 2. The van der Waals surface area contributed by atoms with E-state index in [0.717, 1.165) is 22.7 Å². The maximum atomic E-state index is 13.2. The molecule has 3 fully saturated rings. The summed E-state index contributed by atoms with van der Waals surface area (Å²) in [5.74, 6) is 4.11. The third kappa shape index (κ3) is 6.40. The summed E-state index contributed by atoms with van der Waals surface area (Å²) in [6, 6.07) is 23.7. The van der Waals surface area contributed by atoms with E-state index in [1.807, 2.05) is 78.9 Å². The van der Waals surface area contributed by atoms with Gasteiger partial charge in [-0.1, -0.05) is 41.3 Å². The van der Waals surface area contributed by atoms with Gasteiger partial charge in [0.05, 0.1) is 0 Å². The zero-order valence-corrected chi connectivity index (χ0v) is 24.2. The predicted molar refractivity (Wildman–Crippen MR) is 162 cm³/mol. The standard InChI is InChI=1S/C33H33N5O6/c1-2-22-42-27-14-10-26(11-15-27)35-17-19-36(20-18-35)33(41)44-38-31(39)30-24-34(16-21-37(30)32(38)40)23-25-8-12-29(13-9-25)43-28-6-4-3-5-7-28/h1,3-15,30H,16-24H2/t30-/m1/s1. The molecule has 4 amide bonds. The number of benzene rings is 3. The molecule has 11 heteroatoms. The van der Waals surface area contributed by atoms with Crippen molar-refractivity contribution >= 4 is 23.7 Å². The molecule has 6 rings (SSSR count). The highest BCUT2D eigenvalue weighted by atomic mass is 16.7. The van der Waals surface area contributed by atoms with Crippen molar-refractivity contribution in [1.29, 1.82) is 0 Å². The molecular weight excluding hydrogens is 562 g/mol. The van der Waals surface area contributed by atoms with Gasteiger partial charge in [0.1, 0.15) is 29.9 Å². The van der Waals surface area contributed by atoms with Crippen molar-refractivity contribution in [3.63, 3.8) is 0 Å². The van der Waals surface area contributed by atoms with Gasteiger partial charge in [0.2, 0.25) is 0 Å². The van der Waals surface area contributed by atoms with E-state index in [-0.39, 0.29) is 6.61 Å². The SMILES string of the molecule is C#CCOc1ccc(N2CCN(C(=O)ON3C(=O)[C@H]4CN(Cc5ccc(Oc6ccccc6)cc5)CCN4C3=O)CC2)cc1. The number of hydrogen-bond acceptors (Lipinski definition) is 8. The van der Waals surface area contributed by atoms with Crippen LogP contribution in [0.15, 0.2) is 78.9 Å².